The van der Waals surface area contributed by atoms with E-state index in [-0.39, 0.29) is 12.3 Å². The number of carboxylic acids is 1. The minimum atomic E-state index is -0.985. The molecule has 1 atom stereocenters. The van der Waals surface area contributed by atoms with Gasteiger partial charge in [-0.3, -0.25) is 14.6 Å². The monoisotopic (exact) mass is 250 g/mol. The summed E-state index contributed by atoms with van der Waals surface area (Å²) in [4.78, 5) is 28.7. The van der Waals surface area contributed by atoms with Crippen LogP contribution in [0.15, 0.2) is 24.5 Å². The van der Waals surface area contributed by atoms with Gasteiger partial charge >= 0.3 is 5.97 Å². The third-order valence-electron chi connectivity index (χ3n) is 2.90. The lowest BCUT2D eigenvalue weighted by molar-refractivity contribution is -0.142. The first-order valence-electron chi connectivity index (χ1n) is 6.00. The lowest BCUT2D eigenvalue weighted by atomic mass is 9.96. The maximum Gasteiger partial charge on any atom is 0.311 e. The summed E-state index contributed by atoms with van der Waals surface area (Å²) in [5.41, 5.74) is 0.609. The van der Waals surface area contributed by atoms with Gasteiger partial charge in [0.1, 0.15) is 0 Å². The first-order chi connectivity index (χ1) is 8.60. The summed E-state index contributed by atoms with van der Waals surface area (Å²) < 4.78 is 0. The lowest BCUT2D eigenvalue weighted by Gasteiger charge is -2.21. The SMILES string of the molecule is CCN(CC)C(=O)CC(C(=O)O)c1ccncc1. The molecule has 1 aromatic rings. The number of carbonyl (C=O) groups excluding carboxylic acids is 1. The fourth-order valence-corrected chi connectivity index (χ4v) is 1.82. The van der Waals surface area contributed by atoms with E-state index in [4.69, 9.17) is 0 Å². The van der Waals surface area contributed by atoms with Crippen molar-refractivity contribution in [3.8, 4) is 0 Å². The van der Waals surface area contributed by atoms with Crippen LogP contribution in [0.1, 0.15) is 31.7 Å². The minimum Gasteiger partial charge on any atom is -0.481 e. The summed E-state index contributed by atoms with van der Waals surface area (Å²) in [6.07, 6.45) is 3.06. The Hall–Kier alpha value is -1.91. The summed E-state index contributed by atoms with van der Waals surface area (Å²) in [5.74, 6) is -1.92. The molecule has 5 nitrogen and oxygen atoms in total. The highest BCUT2D eigenvalue weighted by Gasteiger charge is 2.24. The van der Waals surface area contributed by atoms with Crippen molar-refractivity contribution in [2.45, 2.75) is 26.2 Å². The number of hydrogen-bond donors (Lipinski definition) is 1. The van der Waals surface area contributed by atoms with E-state index in [2.05, 4.69) is 4.98 Å². The van der Waals surface area contributed by atoms with Gasteiger partial charge in [0.05, 0.1) is 5.92 Å². The van der Waals surface area contributed by atoms with Crippen LogP contribution >= 0.6 is 0 Å². The Bertz CT molecular complexity index is 402. The fraction of sp³-hybridized carbons (Fsp3) is 0.462. The number of carboxylic acid groups (broad SMARTS) is 1. The largest absolute Gasteiger partial charge is 0.481 e. The van der Waals surface area contributed by atoms with E-state index >= 15 is 0 Å². The molecule has 98 valence electrons. The molecule has 0 aliphatic rings. The highest BCUT2D eigenvalue weighted by Crippen LogP contribution is 2.20. The van der Waals surface area contributed by atoms with E-state index in [0.29, 0.717) is 18.7 Å². The van der Waals surface area contributed by atoms with E-state index in [1.165, 1.54) is 12.4 Å². The molecule has 0 radical (unpaired) electrons. The molecule has 5 heteroatoms. The second kappa shape index (κ2) is 6.74. The van der Waals surface area contributed by atoms with Gasteiger partial charge in [-0.15, -0.1) is 0 Å². The second-order valence-electron chi connectivity index (χ2n) is 3.94. The van der Waals surface area contributed by atoms with E-state index < -0.39 is 11.9 Å². The van der Waals surface area contributed by atoms with Crippen LogP contribution in [0, 0.1) is 0 Å². The Labute approximate surface area is 106 Å². The summed E-state index contributed by atoms with van der Waals surface area (Å²) >= 11 is 0. The van der Waals surface area contributed by atoms with Crippen molar-refractivity contribution in [3.63, 3.8) is 0 Å². The number of nitrogens with zero attached hydrogens (tertiary/aromatic N) is 2. The van der Waals surface area contributed by atoms with Gasteiger partial charge in [-0.2, -0.15) is 0 Å². The number of aliphatic carboxylic acids is 1. The van der Waals surface area contributed by atoms with Gasteiger partial charge in [0.15, 0.2) is 0 Å². The molecule has 1 aromatic heterocycles. The normalized spacial score (nSPS) is 11.9. The number of rotatable bonds is 6. The van der Waals surface area contributed by atoms with Crippen molar-refractivity contribution in [1.82, 2.24) is 9.88 Å². The van der Waals surface area contributed by atoms with E-state index in [9.17, 15) is 14.7 Å². The Kier molecular flexibility index (Phi) is 5.30. The molecule has 0 spiro atoms. The van der Waals surface area contributed by atoms with Gasteiger partial charge in [-0.1, -0.05) is 0 Å². The molecule has 0 saturated carbocycles. The van der Waals surface area contributed by atoms with E-state index in [1.807, 2.05) is 13.8 Å². The van der Waals surface area contributed by atoms with Crippen LogP contribution < -0.4 is 0 Å². The quantitative estimate of drug-likeness (QED) is 0.830. The van der Waals surface area contributed by atoms with Crippen LogP contribution in [0.4, 0.5) is 0 Å². The molecule has 0 aliphatic heterocycles. The van der Waals surface area contributed by atoms with Crippen LogP contribution in [0.5, 0.6) is 0 Å². The number of carbonyl (C=O) groups is 2. The van der Waals surface area contributed by atoms with Crippen molar-refractivity contribution < 1.29 is 14.7 Å². The number of amides is 1. The Morgan fingerprint density at radius 1 is 1.28 bits per heavy atom. The maximum atomic E-state index is 11.9. The fourth-order valence-electron chi connectivity index (χ4n) is 1.82. The minimum absolute atomic E-state index is 0.0129. The average molecular weight is 250 g/mol. The zero-order chi connectivity index (χ0) is 13.5. The first kappa shape index (κ1) is 14.2. The summed E-state index contributed by atoms with van der Waals surface area (Å²) in [5, 5.41) is 9.21. The zero-order valence-corrected chi connectivity index (χ0v) is 10.7. The lowest BCUT2D eigenvalue weighted by Crippen LogP contribution is -2.32. The maximum absolute atomic E-state index is 11.9. The van der Waals surface area contributed by atoms with Crippen molar-refractivity contribution in [3.05, 3.63) is 30.1 Å². The van der Waals surface area contributed by atoms with Gasteiger partial charge in [0.25, 0.3) is 0 Å². The number of aromatic nitrogens is 1. The van der Waals surface area contributed by atoms with Gasteiger partial charge in [-0.05, 0) is 31.5 Å². The Balaban J connectivity index is 2.82. The standard InChI is InChI=1S/C13H18N2O3/c1-3-15(4-2)12(16)9-11(13(17)18)10-5-7-14-8-6-10/h5-8,11H,3-4,9H2,1-2H3,(H,17,18). The molecule has 18 heavy (non-hydrogen) atoms. The summed E-state index contributed by atoms with van der Waals surface area (Å²) in [6.45, 7) is 4.95. The van der Waals surface area contributed by atoms with Crippen molar-refractivity contribution in [2.75, 3.05) is 13.1 Å². The highest BCUT2D eigenvalue weighted by atomic mass is 16.4. The van der Waals surface area contributed by atoms with Crippen LogP contribution in [0.25, 0.3) is 0 Å². The van der Waals surface area contributed by atoms with E-state index in [0.717, 1.165) is 0 Å². The molecule has 1 heterocycles. The predicted molar refractivity (Wildman–Crippen MR) is 67.2 cm³/mol. The number of hydrogen-bond acceptors (Lipinski definition) is 3. The molecule has 0 fully saturated rings. The van der Waals surface area contributed by atoms with Gasteiger partial charge < -0.3 is 10.0 Å². The Morgan fingerprint density at radius 3 is 2.28 bits per heavy atom. The predicted octanol–water partition coefficient (Wildman–Crippen LogP) is 1.51. The molecule has 0 saturated heterocycles. The molecular weight excluding hydrogens is 232 g/mol. The van der Waals surface area contributed by atoms with Crippen LogP contribution in [0.3, 0.4) is 0 Å². The third kappa shape index (κ3) is 3.55. The summed E-state index contributed by atoms with van der Waals surface area (Å²) in [7, 11) is 0. The Morgan fingerprint density at radius 2 is 1.83 bits per heavy atom. The zero-order valence-electron chi connectivity index (χ0n) is 10.7. The van der Waals surface area contributed by atoms with Crippen molar-refractivity contribution in [1.29, 1.82) is 0 Å². The molecule has 0 aromatic carbocycles. The van der Waals surface area contributed by atoms with Gasteiger partial charge in [0, 0.05) is 31.9 Å². The molecule has 1 rings (SSSR count). The molecule has 0 bridgehead atoms. The molecule has 1 N–H and O–H groups in total. The van der Waals surface area contributed by atoms with Crippen LogP contribution in [-0.2, 0) is 9.59 Å². The van der Waals surface area contributed by atoms with Crippen molar-refractivity contribution >= 4 is 11.9 Å². The second-order valence-corrected chi connectivity index (χ2v) is 3.94. The van der Waals surface area contributed by atoms with Gasteiger partial charge in [0.2, 0.25) is 5.91 Å². The number of pyridine rings is 1. The molecule has 1 unspecified atom stereocenters. The topological polar surface area (TPSA) is 70.5 Å². The highest BCUT2D eigenvalue weighted by molar-refractivity contribution is 5.85. The third-order valence-corrected chi connectivity index (χ3v) is 2.90. The van der Waals surface area contributed by atoms with Gasteiger partial charge in [-0.25, -0.2) is 0 Å². The van der Waals surface area contributed by atoms with Crippen LogP contribution in [-0.4, -0.2) is 40.0 Å². The summed E-state index contributed by atoms with van der Waals surface area (Å²) in [6, 6.07) is 3.27. The molecule has 0 aliphatic carbocycles. The smallest absolute Gasteiger partial charge is 0.311 e. The van der Waals surface area contributed by atoms with E-state index in [1.54, 1.807) is 17.0 Å². The van der Waals surface area contributed by atoms with Crippen LogP contribution in [0.2, 0.25) is 0 Å². The molecular formula is C13H18N2O3. The average Bonchev–Trinajstić information content (AvgIpc) is 2.38. The first-order valence-corrected chi connectivity index (χ1v) is 6.00. The van der Waals surface area contributed by atoms with Crippen molar-refractivity contribution in [2.24, 2.45) is 0 Å². The molecule has 1 amide bonds.